The van der Waals surface area contributed by atoms with Crippen molar-refractivity contribution in [2.45, 2.75) is 37.6 Å². The molecule has 0 radical (unpaired) electrons. The third-order valence-electron chi connectivity index (χ3n) is 7.18. The maximum absolute atomic E-state index is 15.8. The highest BCUT2D eigenvalue weighted by Gasteiger charge is 2.32. The largest absolute Gasteiger partial charge is 0.396 e. The number of amides is 1. The highest BCUT2D eigenvalue weighted by molar-refractivity contribution is 7.90. The molecule has 1 aliphatic heterocycles. The van der Waals surface area contributed by atoms with Gasteiger partial charge in [-0.2, -0.15) is 10.1 Å². The summed E-state index contributed by atoms with van der Waals surface area (Å²) in [4.78, 5) is 42.8. The lowest BCUT2D eigenvalue weighted by Gasteiger charge is -2.40. The lowest BCUT2D eigenvalue weighted by Crippen LogP contribution is -2.54. The molecule has 4 aromatic heterocycles. The molecule has 1 aliphatic rings. The van der Waals surface area contributed by atoms with Gasteiger partial charge in [0.2, 0.25) is 5.91 Å². The second kappa shape index (κ2) is 10.6. The zero-order valence-electron chi connectivity index (χ0n) is 23.5. The van der Waals surface area contributed by atoms with Gasteiger partial charge in [0.25, 0.3) is 0 Å². The Balaban J connectivity index is 1.87. The van der Waals surface area contributed by atoms with Crippen LogP contribution in [0.3, 0.4) is 0 Å². The molecule has 3 N–H and O–H groups in total. The summed E-state index contributed by atoms with van der Waals surface area (Å²) in [6.45, 7) is 9.94. The number of hydrogen-bond acceptors (Lipinski definition) is 10. The monoisotopic (exact) mass is 595 g/mol. The average Bonchev–Trinajstić information content (AvgIpc) is 3.36. The normalized spacial score (nSPS) is 15.9. The molecule has 0 bridgehead atoms. The topological polar surface area (TPSA) is 173 Å². The number of nitrogens with one attached hydrogen (secondary N) is 1. The molecule has 15 heteroatoms. The fraction of sp³-hybridized carbons (Fsp3) is 0.333. The Kier molecular flexibility index (Phi) is 7.30. The van der Waals surface area contributed by atoms with Crippen LogP contribution < -0.4 is 16.3 Å². The van der Waals surface area contributed by atoms with Gasteiger partial charge in [0.15, 0.2) is 21.3 Å². The van der Waals surface area contributed by atoms with E-state index in [1.807, 2.05) is 20.8 Å². The highest BCUT2D eigenvalue weighted by atomic mass is 32.2. The molecule has 0 spiro atoms. The van der Waals surface area contributed by atoms with Gasteiger partial charge in [0, 0.05) is 38.1 Å². The van der Waals surface area contributed by atoms with E-state index in [-0.39, 0.29) is 62.4 Å². The van der Waals surface area contributed by atoms with Crippen LogP contribution in [0.2, 0.25) is 0 Å². The first-order chi connectivity index (χ1) is 19.8. The number of pyridine rings is 2. The van der Waals surface area contributed by atoms with Crippen LogP contribution in [0.4, 0.5) is 15.9 Å². The summed E-state index contributed by atoms with van der Waals surface area (Å²) < 4.78 is 42.7. The fourth-order valence-corrected chi connectivity index (χ4v) is 6.04. The number of sulfone groups is 1. The Morgan fingerprint density at radius 1 is 1.29 bits per heavy atom. The molecule has 5 heterocycles. The number of halogens is 1. The molecule has 5 rings (SSSR count). The standard InChI is InChI=1S/C27H30FN9O4S/c1-6-20(38)35-9-10-36(15(4)13-35)25-16-11-17(28)22(23-18(29)12-31-34-23)32-26(16)37(27(39)33-25)24-19(42(5,40)41)7-8-30-21(24)14(2)3/h6-8,11-12,14-15H,1,9-10,13,29H2,2-5H3,(H,31,34)/t15-/m0/s1. The van der Waals surface area contributed by atoms with Crippen molar-refractivity contribution in [2.75, 3.05) is 36.5 Å². The number of hydrogen-bond donors (Lipinski definition) is 2. The van der Waals surface area contributed by atoms with E-state index in [0.29, 0.717) is 25.3 Å². The zero-order chi connectivity index (χ0) is 30.5. The second-order valence-electron chi connectivity index (χ2n) is 10.4. The minimum absolute atomic E-state index is 0.0128. The van der Waals surface area contributed by atoms with E-state index in [4.69, 9.17) is 5.73 Å². The number of piperazine rings is 1. The summed E-state index contributed by atoms with van der Waals surface area (Å²) in [5.74, 6) is -1.15. The Morgan fingerprint density at radius 2 is 2.02 bits per heavy atom. The van der Waals surface area contributed by atoms with Crippen molar-refractivity contribution in [3.63, 3.8) is 0 Å². The van der Waals surface area contributed by atoms with Crippen LogP contribution in [0.25, 0.3) is 28.1 Å². The Bertz CT molecular complexity index is 1900. The molecule has 1 fully saturated rings. The first kappa shape index (κ1) is 28.9. The fourth-order valence-electron chi connectivity index (χ4n) is 5.19. The minimum atomic E-state index is -3.87. The third kappa shape index (κ3) is 4.89. The summed E-state index contributed by atoms with van der Waals surface area (Å²) in [6, 6.07) is 2.18. The first-order valence-electron chi connectivity index (χ1n) is 13.1. The summed E-state index contributed by atoms with van der Waals surface area (Å²) in [5, 5.41) is 6.64. The van der Waals surface area contributed by atoms with Gasteiger partial charge in [-0.15, -0.1) is 0 Å². The van der Waals surface area contributed by atoms with Gasteiger partial charge < -0.3 is 15.5 Å². The van der Waals surface area contributed by atoms with Gasteiger partial charge in [-0.3, -0.25) is 14.9 Å². The van der Waals surface area contributed by atoms with Crippen molar-refractivity contribution in [1.82, 2.24) is 34.6 Å². The summed E-state index contributed by atoms with van der Waals surface area (Å²) >= 11 is 0. The number of anilines is 2. The van der Waals surface area contributed by atoms with E-state index < -0.39 is 21.3 Å². The van der Waals surface area contributed by atoms with Crippen LogP contribution >= 0.6 is 0 Å². The first-order valence-corrected chi connectivity index (χ1v) is 15.0. The van der Waals surface area contributed by atoms with E-state index in [1.165, 1.54) is 30.6 Å². The van der Waals surface area contributed by atoms with Crippen LogP contribution in [0.1, 0.15) is 32.4 Å². The molecule has 220 valence electrons. The van der Waals surface area contributed by atoms with Gasteiger partial charge in [-0.25, -0.2) is 27.2 Å². The lowest BCUT2D eigenvalue weighted by molar-refractivity contribution is -0.126. The Labute approximate surface area is 240 Å². The number of carbonyl (C=O) groups is 1. The van der Waals surface area contributed by atoms with Gasteiger partial charge in [0.1, 0.15) is 17.2 Å². The van der Waals surface area contributed by atoms with Gasteiger partial charge in [-0.05, 0) is 31.1 Å². The SMILES string of the molecule is C=CC(=O)N1CCN(c2nc(=O)n(-c3c(S(C)(=O)=O)ccnc3C(C)C)c3nc(-c4[nH]ncc4N)c(F)cc23)[C@@H](C)C1. The number of aromatic nitrogens is 6. The number of nitrogens with zero attached hydrogens (tertiary/aromatic N) is 7. The zero-order valence-corrected chi connectivity index (χ0v) is 24.3. The molecule has 1 saturated heterocycles. The summed E-state index contributed by atoms with van der Waals surface area (Å²) in [5.41, 5.74) is 5.43. The molecule has 0 saturated carbocycles. The van der Waals surface area contributed by atoms with Crippen molar-refractivity contribution in [2.24, 2.45) is 0 Å². The molecular formula is C27H30FN9O4S. The van der Waals surface area contributed by atoms with Crippen LogP contribution in [-0.2, 0) is 14.6 Å². The van der Waals surface area contributed by atoms with Crippen LogP contribution in [0.15, 0.2) is 46.9 Å². The third-order valence-corrected chi connectivity index (χ3v) is 8.31. The lowest BCUT2D eigenvalue weighted by atomic mass is 10.1. The predicted octanol–water partition coefficient (Wildman–Crippen LogP) is 2.04. The molecule has 1 amide bonds. The molecule has 0 aliphatic carbocycles. The maximum atomic E-state index is 15.8. The van der Waals surface area contributed by atoms with Crippen molar-refractivity contribution in [3.05, 3.63) is 59.2 Å². The average molecular weight is 596 g/mol. The Morgan fingerprint density at radius 3 is 2.62 bits per heavy atom. The van der Waals surface area contributed by atoms with Crippen LogP contribution in [0.5, 0.6) is 0 Å². The number of nitrogens with two attached hydrogens (primary N) is 1. The number of fused-ring (bicyclic) bond motifs is 1. The molecule has 1 atom stereocenters. The maximum Gasteiger partial charge on any atom is 0.355 e. The number of carbonyl (C=O) groups excluding carboxylic acids is 1. The smallest absolute Gasteiger partial charge is 0.355 e. The number of nitrogen functional groups attached to an aromatic ring is 1. The number of aromatic amines is 1. The quantitative estimate of drug-likeness (QED) is 0.314. The number of rotatable bonds is 6. The molecular weight excluding hydrogens is 565 g/mol. The minimum Gasteiger partial charge on any atom is -0.396 e. The molecule has 0 unspecified atom stereocenters. The van der Waals surface area contributed by atoms with Gasteiger partial charge in [0.05, 0.1) is 33.5 Å². The van der Waals surface area contributed by atoms with E-state index in [9.17, 15) is 18.0 Å². The van der Waals surface area contributed by atoms with Crippen LogP contribution in [0, 0.1) is 5.82 Å². The van der Waals surface area contributed by atoms with Crippen LogP contribution in [-0.4, -0.2) is 80.9 Å². The second-order valence-corrected chi connectivity index (χ2v) is 12.4. The van der Waals surface area contributed by atoms with Crippen molar-refractivity contribution in [1.29, 1.82) is 0 Å². The van der Waals surface area contributed by atoms with Crippen molar-refractivity contribution >= 4 is 38.3 Å². The summed E-state index contributed by atoms with van der Waals surface area (Å²) in [7, 11) is -3.87. The van der Waals surface area contributed by atoms with E-state index >= 15 is 4.39 Å². The Hall–Kier alpha value is -4.66. The molecule has 0 aromatic carbocycles. The predicted molar refractivity (Wildman–Crippen MR) is 156 cm³/mol. The highest BCUT2D eigenvalue weighted by Crippen LogP contribution is 2.34. The summed E-state index contributed by atoms with van der Waals surface area (Å²) in [6.07, 6.45) is 4.93. The van der Waals surface area contributed by atoms with Gasteiger partial charge in [-0.1, -0.05) is 20.4 Å². The molecule has 42 heavy (non-hydrogen) atoms. The number of H-pyrrole nitrogens is 1. The van der Waals surface area contributed by atoms with Crippen molar-refractivity contribution < 1.29 is 17.6 Å². The van der Waals surface area contributed by atoms with Crippen molar-refractivity contribution in [3.8, 4) is 17.1 Å². The van der Waals surface area contributed by atoms with E-state index in [1.54, 1.807) is 9.80 Å². The van der Waals surface area contributed by atoms with E-state index in [0.717, 1.165) is 10.8 Å². The molecule has 13 nitrogen and oxygen atoms in total. The van der Waals surface area contributed by atoms with E-state index in [2.05, 4.69) is 31.7 Å². The molecule has 4 aromatic rings. The van der Waals surface area contributed by atoms with Gasteiger partial charge >= 0.3 is 5.69 Å².